The van der Waals surface area contributed by atoms with E-state index in [1.165, 1.54) is 0 Å². The molecule has 0 aliphatic carbocycles. The van der Waals surface area contributed by atoms with Crippen LogP contribution in [0.5, 0.6) is 0 Å². The molecule has 1 atom stereocenters. The lowest BCUT2D eigenvalue weighted by Gasteiger charge is -2.33. The summed E-state index contributed by atoms with van der Waals surface area (Å²) < 4.78 is 5.32. The molecule has 6 heteroatoms. The van der Waals surface area contributed by atoms with E-state index >= 15 is 0 Å². The van der Waals surface area contributed by atoms with Gasteiger partial charge in [0.1, 0.15) is 6.10 Å². The van der Waals surface area contributed by atoms with Crippen molar-refractivity contribution in [1.29, 1.82) is 5.26 Å². The number of carbonyl (C=O) groups is 1. The number of ether oxygens (including phenoxy) is 1. The molecule has 1 saturated heterocycles. The number of rotatable bonds is 7. The lowest BCUT2D eigenvalue weighted by Crippen LogP contribution is -2.47. The smallest absolute Gasteiger partial charge is 0.231 e. The van der Waals surface area contributed by atoms with Crippen LogP contribution in [0.2, 0.25) is 0 Å². The third kappa shape index (κ3) is 5.45. The largest absolute Gasteiger partial charge is 0.369 e. The monoisotopic (exact) mass is 254 g/mol. The minimum Gasteiger partial charge on any atom is -0.369 e. The van der Waals surface area contributed by atoms with Crippen LogP contribution < -0.4 is 11.1 Å². The first-order valence-electron chi connectivity index (χ1n) is 6.37. The summed E-state index contributed by atoms with van der Waals surface area (Å²) >= 11 is 0. The van der Waals surface area contributed by atoms with Crippen LogP contribution in [0.15, 0.2) is 0 Å². The van der Waals surface area contributed by atoms with Crippen LogP contribution in [-0.2, 0) is 9.53 Å². The van der Waals surface area contributed by atoms with E-state index in [2.05, 4.69) is 10.2 Å². The lowest BCUT2D eigenvalue weighted by atomic mass is 10.0. The van der Waals surface area contributed by atoms with E-state index in [9.17, 15) is 4.79 Å². The molecular weight excluding hydrogens is 232 g/mol. The molecule has 1 rings (SSSR count). The molecule has 0 radical (unpaired) electrons. The van der Waals surface area contributed by atoms with Crippen molar-refractivity contribution in [3.05, 3.63) is 0 Å². The van der Waals surface area contributed by atoms with Crippen molar-refractivity contribution in [2.75, 3.05) is 32.8 Å². The average Bonchev–Trinajstić information content (AvgIpc) is 2.38. The van der Waals surface area contributed by atoms with Gasteiger partial charge in [0.2, 0.25) is 5.91 Å². The van der Waals surface area contributed by atoms with E-state index < -0.39 is 6.10 Å². The van der Waals surface area contributed by atoms with E-state index in [0.29, 0.717) is 19.2 Å². The summed E-state index contributed by atoms with van der Waals surface area (Å²) in [5.74, 6) is -0.318. The number of carbonyl (C=O) groups excluding carboxylic acids is 1. The maximum atomic E-state index is 11.1. The quantitative estimate of drug-likeness (QED) is 0.636. The highest BCUT2D eigenvalue weighted by molar-refractivity contribution is 5.75. The zero-order valence-electron chi connectivity index (χ0n) is 10.9. The third-order valence-electron chi connectivity index (χ3n) is 3.11. The van der Waals surface area contributed by atoms with Crippen LogP contribution in [0.25, 0.3) is 0 Å². The van der Waals surface area contributed by atoms with Gasteiger partial charge in [0.15, 0.2) is 0 Å². The number of amides is 1. The second-order valence-corrected chi connectivity index (χ2v) is 4.56. The highest BCUT2D eigenvalue weighted by atomic mass is 16.5. The third-order valence-corrected chi connectivity index (χ3v) is 3.11. The molecule has 0 aromatic carbocycles. The van der Waals surface area contributed by atoms with E-state index in [4.69, 9.17) is 15.7 Å². The second-order valence-electron chi connectivity index (χ2n) is 4.56. The van der Waals surface area contributed by atoms with E-state index in [1.807, 2.05) is 6.07 Å². The molecule has 1 unspecified atom stereocenters. The summed E-state index contributed by atoms with van der Waals surface area (Å²) in [5.41, 5.74) is 5.27. The first-order chi connectivity index (χ1) is 8.63. The number of piperidine rings is 1. The predicted octanol–water partition coefficient (Wildman–Crippen LogP) is -0.546. The molecule has 1 heterocycles. The number of nitriles is 1. The van der Waals surface area contributed by atoms with Crippen molar-refractivity contribution in [3.8, 4) is 6.07 Å². The van der Waals surface area contributed by atoms with Crippen molar-refractivity contribution in [2.24, 2.45) is 5.73 Å². The molecule has 0 aromatic rings. The molecule has 1 fully saturated rings. The van der Waals surface area contributed by atoms with Crippen LogP contribution >= 0.6 is 0 Å². The summed E-state index contributed by atoms with van der Waals surface area (Å²) in [5, 5.41) is 11.9. The SMILES string of the molecule is CC(C#N)OCCN(CC(N)=O)C1CCNCC1. The van der Waals surface area contributed by atoms with Crippen molar-refractivity contribution in [3.63, 3.8) is 0 Å². The fourth-order valence-electron chi connectivity index (χ4n) is 2.15. The number of hydrogen-bond acceptors (Lipinski definition) is 5. The van der Waals surface area contributed by atoms with E-state index in [0.717, 1.165) is 25.9 Å². The Morgan fingerprint density at radius 1 is 1.61 bits per heavy atom. The van der Waals surface area contributed by atoms with Crippen molar-refractivity contribution < 1.29 is 9.53 Å². The molecule has 1 aliphatic heterocycles. The van der Waals surface area contributed by atoms with Crippen molar-refractivity contribution in [2.45, 2.75) is 31.9 Å². The molecule has 1 amide bonds. The summed E-state index contributed by atoms with van der Waals surface area (Å²) in [6.45, 7) is 4.99. The van der Waals surface area contributed by atoms with Gasteiger partial charge in [-0.05, 0) is 32.9 Å². The standard InChI is InChI=1S/C12H22N4O2/c1-10(8-13)18-7-6-16(9-12(14)17)11-2-4-15-5-3-11/h10-11,15H,2-7,9H2,1H3,(H2,14,17). The first-order valence-corrected chi connectivity index (χ1v) is 6.37. The Morgan fingerprint density at radius 2 is 2.28 bits per heavy atom. The number of hydrogen-bond donors (Lipinski definition) is 2. The molecule has 0 saturated carbocycles. The Hall–Kier alpha value is -1.16. The van der Waals surface area contributed by atoms with Gasteiger partial charge in [0, 0.05) is 12.6 Å². The first kappa shape index (κ1) is 14.9. The number of nitrogens with zero attached hydrogens (tertiary/aromatic N) is 2. The Labute approximate surface area is 108 Å². The molecule has 0 bridgehead atoms. The van der Waals surface area contributed by atoms with Gasteiger partial charge in [-0.15, -0.1) is 0 Å². The van der Waals surface area contributed by atoms with Gasteiger partial charge in [-0.1, -0.05) is 0 Å². The summed E-state index contributed by atoms with van der Waals surface area (Å²) in [7, 11) is 0. The van der Waals surface area contributed by atoms with Crippen LogP contribution in [0, 0.1) is 11.3 Å². The molecule has 0 aromatic heterocycles. The van der Waals surface area contributed by atoms with Gasteiger partial charge in [0.05, 0.1) is 19.2 Å². The number of nitrogens with two attached hydrogens (primary N) is 1. The van der Waals surface area contributed by atoms with Crippen LogP contribution in [0.1, 0.15) is 19.8 Å². The molecule has 18 heavy (non-hydrogen) atoms. The Balaban J connectivity index is 2.39. The average molecular weight is 254 g/mol. The van der Waals surface area contributed by atoms with E-state index in [1.54, 1.807) is 6.92 Å². The van der Waals surface area contributed by atoms with Crippen LogP contribution in [0.3, 0.4) is 0 Å². The van der Waals surface area contributed by atoms with Crippen molar-refractivity contribution >= 4 is 5.91 Å². The normalized spacial score (nSPS) is 18.5. The van der Waals surface area contributed by atoms with Crippen molar-refractivity contribution in [1.82, 2.24) is 10.2 Å². The molecule has 102 valence electrons. The maximum absolute atomic E-state index is 11.1. The molecule has 6 nitrogen and oxygen atoms in total. The highest BCUT2D eigenvalue weighted by Crippen LogP contribution is 2.11. The summed E-state index contributed by atoms with van der Waals surface area (Å²) in [4.78, 5) is 13.1. The number of nitrogens with one attached hydrogen (secondary N) is 1. The lowest BCUT2D eigenvalue weighted by molar-refractivity contribution is -0.120. The molecule has 0 spiro atoms. The van der Waals surface area contributed by atoms with Gasteiger partial charge < -0.3 is 15.8 Å². The molecule has 3 N–H and O–H groups in total. The molecule has 1 aliphatic rings. The molecular formula is C12H22N4O2. The fourth-order valence-corrected chi connectivity index (χ4v) is 2.15. The highest BCUT2D eigenvalue weighted by Gasteiger charge is 2.22. The van der Waals surface area contributed by atoms with E-state index in [-0.39, 0.29) is 12.5 Å². The van der Waals surface area contributed by atoms with Gasteiger partial charge >= 0.3 is 0 Å². The number of primary amides is 1. The maximum Gasteiger partial charge on any atom is 0.231 e. The zero-order chi connectivity index (χ0) is 13.4. The van der Waals surface area contributed by atoms with Gasteiger partial charge in [-0.2, -0.15) is 5.26 Å². The van der Waals surface area contributed by atoms with Crippen LogP contribution in [0.4, 0.5) is 0 Å². The fraction of sp³-hybridized carbons (Fsp3) is 0.833. The zero-order valence-corrected chi connectivity index (χ0v) is 10.9. The van der Waals surface area contributed by atoms with Gasteiger partial charge in [-0.25, -0.2) is 0 Å². The Morgan fingerprint density at radius 3 is 2.83 bits per heavy atom. The minimum absolute atomic E-state index is 0.259. The summed E-state index contributed by atoms with van der Waals surface area (Å²) in [6.07, 6.45) is 1.62. The van der Waals surface area contributed by atoms with Gasteiger partial charge in [0.25, 0.3) is 0 Å². The summed E-state index contributed by atoms with van der Waals surface area (Å²) in [6, 6.07) is 2.39. The van der Waals surface area contributed by atoms with Crippen LogP contribution in [-0.4, -0.2) is 55.7 Å². The Bertz CT molecular complexity index is 297. The second kappa shape index (κ2) is 8.03. The van der Waals surface area contributed by atoms with Gasteiger partial charge in [-0.3, -0.25) is 9.69 Å². The topological polar surface area (TPSA) is 91.4 Å². The predicted molar refractivity (Wildman–Crippen MR) is 67.7 cm³/mol. The Kier molecular flexibility index (Phi) is 6.65. The minimum atomic E-state index is -0.409.